The van der Waals surface area contributed by atoms with E-state index < -0.39 is 10.0 Å². The second-order valence-electron chi connectivity index (χ2n) is 4.63. The van der Waals surface area contributed by atoms with Crippen LogP contribution in [0.5, 0.6) is 0 Å². The summed E-state index contributed by atoms with van der Waals surface area (Å²) < 4.78 is 34.9. The number of sulfonamides is 1. The van der Waals surface area contributed by atoms with Gasteiger partial charge in [0.25, 0.3) is 0 Å². The topological polar surface area (TPSA) is 89.2 Å². The summed E-state index contributed by atoms with van der Waals surface area (Å²) in [4.78, 5) is 0.245. The van der Waals surface area contributed by atoms with E-state index in [1.54, 1.807) is 18.2 Å². The van der Waals surface area contributed by atoms with Gasteiger partial charge in [0.2, 0.25) is 10.0 Å². The highest BCUT2D eigenvalue weighted by molar-refractivity contribution is 7.89. The molecular formula is C11H14N4O2S2. The Morgan fingerprint density at radius 2 is 2.00 bits per heavy atom. The van der Waals surface area contributed by atoms with Crippen LogP contribution in [0.3, 0.4) is 0 Å². The normalized spacial score (nSPS) is 19.0. The average Bonchev–Trinajstić information content (AvgIpc) is 2.87. The summed E-state index contributed by atoms with van der Waals surface area (Å²) in [5.41, 5.74) is 6.90. The third kappa shape index (κ3) is 2.25. The van der Waals surface area contributed by atoms with Gasteiger partial charge in [-0.1, -0.05) is 6.07 Å². The fourth-order valence-corrected chi connectivity index (χ4v) is 4.47. The van der Waals surface area contributed by atoms with Crippen molar-refractivity contribution in [3.8, 4) is 0 Å². The smallest absolute Gasteiger partial charge is 0.245 e. The third-order valence-corrected chi connectivity index (χ3v) is 5.84. The highest BCUT2D eigenvalue weighted by Crippen LogP contribution is 2.26. The fourth-order valence-electron chi connectivity index (χ4n) is 2.24. The molecule has 102 valence electrons. The SMILES string of the molecule is NC1CCN(S(=O)(=O)c2cccc3nsnc23)CC1. The Morgan fingerprint density at radius 1 is 1.26 bits per heavy atom. The molecule has 1 fully saturated rings. The fraction of sp³-hybridized carbons (Fsp3) is 0.455. The second-order valence-corrected chi connectivity index (χ2v) is 7.06. The first-order valence-corrected chi connectivity index (χ1v) is 8.23. The van der Waals surface area contributed by atoms with Crippen LogP contribution in [0.4, 0.5) is 0 Å². The van der Waals surface area contributed by atoms with Crippen LogP contribution < -0.4 is 5.73 Å². The Kier molecular flexibility index (Phi) is 3.25. The lowest BCUT2D eigenvalue weighted by Crippen LogP contribution is -2.42. The molecule has 2 aromatic rings. The molecule has 0 radical (unpaired) electrons. The van der Waals surface area contributed by atoms with E-state index in [1.807, 2.05) is 0 Å². The van der Waals surface area contributed by atoms with Gasteiger partial charge in [-0.2, -0.15) is 13.1 Å². The number of hydrogen-bond donors (Lipinski definition) is 1. The first kappa shape index (κ1) is 12.9. The monoisotopic (exact) mass is 298 g/mol. The molecule has 2 heterocycles. The maximum Gasteiger partial charge on any atom is 0.245 e. The quantitative estimate of drug-likeness (QED) is 0.886. The minimum Gasteiger partial charge on any atom is -0.328 e. The Bertz CT molecular complexity index is 690. The predicted octanol–water partition coefficient (Wildman–Crippen LogP) is 0.803. The van der Waals surface area contributed by atoms with E-state index in [0.29, 0.717) is 37.0 Å². The molecule has 8 heteroatoms. The zero-order valence-electron chi connectivity index (χ0n) is 10.2. The van der Waals surface area contributed by atoms with Crippen molar-refractivity contribution in [3.05, 3.63) is 18.2 Å². The molecule has 0 spiro atoms. The molecule has 0 saturated carbocycles. The van der Waals surface area contributed by atoms with E-state index in [4.69, 9.17) is 5.73 Å². The van der Waals surface area contributed by atoms with Crippen LogP contribution in [0.1, 0.15) is 12.8 Å². The van der Waals surface area contributed by atoms with Crippen molar-refractivity contribution in [1.29, 1.82) is 0 Å². The Hall–Kier alpha value is -1.09. The molecule has 19 heavy (non-hydrogen) atoms. The van der Waals surface area contributed by atoms with Gasteiger partial charge < -0.3 is 5.73 Å². The largest absolute Gasteiger partial charge is 0.328 e. The molecule has 2 N–H and O–H groups in total. The van der Waals surface area contributed by atoms with Crippen LogP contribution in [0.25, 0.3) is 11.0 Å². The summed E-state index contributed by atoms with van der Waals surface area (Å²) in [5, 5.41) is 0. The molecular weight excluding hydrogens is 284 g/mol. The molecule has 1 aromatic carbocycles. The number of hydrogen-bond acceptors (Lipinski definition) is 6. The summed E-state index contributed by atoms with van der Waals surface area (Å²) in [6, 6.07) is 5.16. The summed E-state index contributed by atoms with van der Waals surface area (Å²) in [6.45, 7) is 0.939. The molecule has 0 atom stereocenters. The van der Waals surface area contributed by atoms with Crippen molar-refractivity contribution in [2.75, 3.05) is 13.1 Å². The highest BCUT2D eigenvalue weighted by Gasteiger charge is 2.30. The van der Waals surface area contributed by atoms with E-state index >= 15 is 0 Å². The van der Waals surface area contributed by atoms with Crippen LogP contribution in [0, 0.1) is 0 Å². The average molecular weight is 298 g/mol. The number of piperidine rings is 1. The molecule has 1 saturated heterocycles. The van der Waals surface area contributed by atoms with Crippen LogP contribution in [0.15, 0.2) is 23.1 Å². The first-order chi connectivity index (χ1) is 9.09. The number of aromatic nitrogens is 2. The number of nitrogens with two attached hydrogens (primary N) is 1. The van der Waals surface area contributed by atoms with Crippen molar-refractivity contribution in [2.24, 2.45) is 5.73 Å². The van der Waals surface area contributed by atoms with Crippen LogP contribution in [-0.2, 0) is 10.0 Å². The maximum absolute atomic E-state index is 12.6. The lowest BCUT2D eigenvalue weighted by atomic mass is 10.1. The second kappa shape index (κ2) is 4.78. The van der Waals surface area contributed by atoms with E-state index in [1.165, 1.54) is 4.31 Å². The Labute approximate surface area is 115 Å². The summed E-state index contributed by atoms with van der Waals surface area (Å²) in [7, 11) is -3.50. The van der Waals surface area contributed by atoms with Crippen molar-refractivity contribution in [1.82, 2.24) is 13.1 Å². The van der Waals surface area contributed by atoms with Gasteiger partial charge in [0.15, 0.2) is 0 Å². The predicted molar refractivity (Wildman–Crippen MR) is 73.4 cm³/mol. The van der Waals surface area contributed by atoms with Gasteiger partial charge in [0, 0.05) is 19.1 Å². The van der Waals surface area contributed by atoms with E-state index in [-0.39, 0.29) is 10.9 Å². The number of benzene rings is 1. The first-order valence-electron chi connectivity index (χ1n) is 6.06. The van der Waals surface area contributed by atoms with Gasteiger partial charge in [-0.3, -0.25) is 0 Å². The Morgan fingerprint density at radius 3 is 2.74 bits per heavy atom. The number of nitrogens with zero attached hydrogens (tertiary/aromatic N) is 3. The summed E-state index contributed by atoms with van der Waals surface area (Å²) >= 11 is 1.03. The molecule has 1 aromatic heterocycles. The maximum atomic E-state index is 12.6. The van der Waals surface area contributed by atoms with Gasteiger partial charge in [-0.15, -0.1) is 0 Å². The summed E-state index contributed by atoms with van der Waals surface area (Å²) in [6.07, 6.45) is 1.40. The number of rotatable bonds is 2. The van der Waals surface area contributed by atoms with Gasteiger partial charge in [0.05, 0.1) is 11.7 Å². The molecule has 0 unspecified atom stereocenters. The van der Waals surface area contributed by atoms with Crippen LogP contribution >= 0.6 is 11.7 Å². The number of fused-ring (bicyclic) bond motifs is 1. The van der Waals surface area contributed by atoms with E-state index in [9.17, 15) is 8.42 Å². The molecule has 3 rings (SSSR count). The molecule has 1 aliphatic rings. The van der Waals surface area contributed by atoms with E-state index in [0.717, 1.165) is 11.7 Å². The van der Waals surface area contributed by atoms with Crippen molar-refractivity contribution >= 4 is 32.8 Å². The van der Waals surface area contributed by atoms with Gasteiger partial charge in [-0.25, -0.2) is 8.42 Å². The zero-order chi connectivity index (χ0) is 13.5. The molecule has 0 bridgehead atoms. The third-order valence-electron chi connectivity index (χ3n) is 3.37. The van der Waals surface area contributed by atoms with Crippen LogP contribution in [-0.4, -0.2) is 40.6 Å². The molecule has 0 amide bonds. The van der Waals surface area contributed by atoms with Crippen molar-refractivity contribution in [3.63, 3.8) is 0 Å². The lowest BCUT2D eigenvalue weighted by molar-refractivity contribution is 0.320. The Balaban J connectivity index is 2.02. The summed E-state index contributed by atoms with van der Waals surface area (Å²) in [5.74, 6) is 0. The molecule has 6 nitrogen and oxygen atoms in total. The van der Waals surface area contributed by atoms with E-state index in [2.05, 4.69) is 8.75 Å². The minimum absolute atomic E-state index is 0.100. The zero-order valence-corrected chi connectivity index (χ0v) is 11.8. The molecule has 1 aliphatic heterocycles. The highest BCUT2D eigenvalue weighted by atomic mass is 32.2. The van der Waals surface area contributed by atoms with Gasteiger partial charge in [-0.05, 0) is 25.0 Å². The standard InChI is InChI=1S/C11H14N4O2S2/c12-8-4-6-15(7-5-8)19(16,17)10-3-1-2-9-11(10)14-18-13-9/h1-3,8H,4-7,12H2. The van der Waals surface area contributed by atoms with Gasteiger partial charge >= 0.3 is 0 Å². The lowest BCUT2D eigenvalue weighted by Gasteiger charge is -2.29. The minimum atomic E-state index is -3.50. The van der Waals surface area contributed by atoms with Crippen LogP contribution in [0.2, 0.25) is 0 Å². The van der Waals surface area contributed by atoms with Crippen molar-refractivity contribution < 1.29 is 8.42 Å². The molecule has 0 aliphatic carbocycles. The van der Waals surface area contributed by atoms with Crippen molar-refractivity contribution in [2.45, 2.75) is 23.8 Å². The van der Waals surface area contributed by atoms with Gasteiger partial charge in [0.1, 0.15) is 15.9 Å².